The Morgan fingerprint density at radius 1 is 1.27 bits per heavy atom. The number of aryl methyl sites for hydroxylation is 1. The van der Waals surface area contributed by atoms with E-state index in [1.165, 1.54) is 0 Å². The number of nitrogens with one attached hydrogen (secondary N) is 1. The monoisotopic (exact) mass is 353 g/mol. The maximum atomic E-state index is 12.6. The molecule has 6 heteroatoms. The predicted molar refractivity (Wildman–Crippen MR) is 97.8 cm³/mol. The zero-order valence-corrected chi connectivity index (χ0v) is 15.0. The molecule has 1 amide bonds. The first-order valence-corrected chi connectivity index (χ1v) is 9.38. The number of fused-ring (bicyclic) bond motifs is 1. The Morgan fingerprint density at radius 3 is 3.04 bits per heavy atom. The summed E-state index contributed by atoms with van der Waals surface area (Å²) < 4.78 is 6.14. The number of benzene rings is 1. The molecular formula is C20H23N3O3. The van der Waals surface area contributed by atoms with E-state index in [1.807, 2.05) is 30.0 Å². The molecule has 3 aliphatic rings. The van der Waals surface area contributed by atoms with Crippen LogP contribution < -0.4 is 5.56 Å². The topological polar surface area (TPSA) is 65.6 Å². The van der Waals surface area contributed by atoms with Gasteiger partial charge in [-0.15, -0.1) is 0 Å². The first kappa shape index (κ1) is 16.0. The van der Waals surface area contributed by atoms with Crippen LogP contribution in [0.5, 0.6) is 0 Å². The zero-order valence-electron chi connectivity index (χ0n) is 15.0. The fourth-order valence-corrected chi connectivity index (χ4v) is 4.92. The second kappa shape index (κ2) is 5.66. The molecule has 26 heavy (non-hydrogen) atoms. The van der Waals surface area contributed by atoms with Gasteiger partial charge in [0.25, 0.3) is 5.56 Å². The number of pyridine rings is 1. The molecule has 3 fully saturated rings. The van der Waals surface area contributed by atoms with Gasteiger partial charge in [-0.1, -0.05) is 12.1 Å². The number of likely N-dealkylation sites (tertiary alicyclic amines) is 1. The van der Waals surface area contributed by atoms with Crippen molar-refractivity contribution in [3.05, 3.63) is 45.7 Å². The summed E-state index contributed by atoms with van der Waals surface area (Å²) in [6.45, 7) is 4.92. The minimum absolute atomic E-state index is 0.0448. The highest BCUT2D eigenvalue weighted by atomic mass is 16.5. The average molecular weight is 353 g/mol. The van der Waals surface area contributed by atoms with Crippen molar-refractivity contribution in [1.82, 2.24) is 14.8 Å². The molecule has 3 saturated heterocycles. The highest BCUT2D eigenvalue weighted by Crippen LogP contribution is 2.45. The summed E-state index contributed by atoms with van der Waals surface area (Å²) in [5.41, 5.74) is 2.24. The van der Waals surface area contributed by atoms with E-state index < -0.39 is 5.72 Å². The molecule has 3 aliphatic heterocycles. The Balaban J connectivity index is 1.46. The number of aromatic nitrogens is 1. The SMILES string of the molecule is Cc1ccc2cc(CN3CC[C@@]45OCCCN4C(=O)C[C@@H]35)c(=O)[nH]c2c1. The van der Waals surface area contributed by atoms with Crippen LogP contribution in [0.15, 0.2) is 29.1 Å². The number of nitrogens with zero attached hydrogens (tertiary/aromatic N) is 2. The highest BCUT2D eigenvalue weighted by molar-refractivity contribution is 5.81. The molecule has 6 nitrogen and oxygen atoms in total. The van der Waals surface area contributed by atoms with Crippen LogP contribution in [-0.2, 0) is 16.1 Å². The lowest BCUT2D eigenvalue weighted by Gasteiger charge is -2.42. The molecule has 1 spiro atoms. The molecule has 1 aromatic heterocycles. The third kappa shape index (κ3) is 2.25. The largest absolute Gasteiger partial charge is 0.354 e. The zero-order chi connectivity index (χ0) is 17.9. The fraction of sp³-hybridized carbons (Fsp3) is 0.500. The summed E-state index contributed by atoms with van der Waals surface area (Å²) in [5, 5.41) is 1.04. The molecule has 4 heterocycles. The van der Waals surface area contributed by atoms with Crippen molar-refractivity contribution in [2.45, 2.75) is 44.5 Å². The Labute approximate surface area is 151 Å². The Bertz CT molecular complexity index is 953. The number of hydrogen-bond donors (Lipinski definition) is 1. The van der Waals surface area contributed by atoms with E-state index in [0.717, 1.165) is 48.0 Å². The molecule has 5 rings (SSSR count). The number of aromatic amines is 1. The third-order valence-corrected chi connectivity index (χ3v) is 6.17. The Hall–Kier alpha value is -2.18. The van der Waals surface area contributed by atoms with Gasteiger partial charge in [-0.25, -0.2) is 0 Å². The standard InChI is InChI=1S/C20H23N3O3/c1-13-3-4-14-10-15(19(25)21-16(14)9-13)12-22-7-5-20-17(22)11-18(24)23(20)6-2-8-26-20/h3-4,9-10,17H,2,5-8,11-12H2,1H3,(H,21,25)/t17-,20+/m1/s1. The molecule has 0 unspecified atom stereocenters. The first-order valence-electron chi connectivity index (χ1n) is 9.38. The Morgan fingerprint density at radius 2 is 2.15 bits per heavy atom. The molecule has 0 saturated carbocycles. The number of H-pyrrole nitrogens is 1. The number of hydrogen-bond acceptors (Lipinski definition) is 4. The van der Waals surface area contributed by atoms with E-state index in [4.69, 9.17) is 4.74 Å². The molecular weight excluding hydrogens is 330 g/mol. The average Bonchev–Trinajstić information content (AvgIpc) is 3.09. The van der Waals surface area contributed by atoms with Gasteiger partial charge in [-0.2, -0.15) is 0 Å². The number of carbonyl (C=O) groups excluding carboxylic acids is 1. The number of rotatable bonds is 2. The van der Waals surface area contributed by atoms with Crippen LogP contribution in [-0.4, -0.2) is 52.2 Å². The van der Waals surface area contributed by atoms with Gasteiger partial charge < -0.3 is 14.6 Å². The quantitative estimate of drug-likeness (QED) is 0.893. The second-order valence-electron chi connectivity index (χ2n) is 7.75. The van der Waals surface area contributed by atoms with Crippen LogP contribution >= 0.6 is 0 Å². The van der Waals surface area contributed by atoms with Gasteiger partial charge in [0.2, 0.25) is 5.91 Å². The number of ether oxygens (including phenoxy) is 1. The maximum Gasteiger partial charge on any atom is 0.252 e. The molecule has 0 radical (unpaired) electrons. The van der Waals surface area contributed by atoms with Crippen LogP contribution in [0.3, 0.4) is 0 Å². The summed E-state index contributed by atoms with van der Waals surface area (Å²) >= 11 is 0. The van der Waals surface area contributed by atoms with Crippen LogP contribution in [0.25, 0.3) is 10.9 Å². The number of amides is 1. The molecule has 136 valence electrons. The van der Waals surface area contributed by atoms with E-state index in [9.17, 15) is 9.59 Å². The van der Waals surface area contributed by atoms with Crippen molar-refractivity contribution < 1.29 is 9.53 Å². The summed E-state index contributed by atoms with van der Waals surface area (Å²) in [6.07, 6.45) is 2.22. The van der Waals surface area contributed by atoms with E-state index in [1.54, 1.807) is 0 Å². The van der Waals surface area contributed by atoms with Crippen molar-refractivity contribution in [2.24, 2.45) is 0 Å². The molecule has 1 aromatic carbocycles. The van der Waals surface area contributed by atoms with Gasteiger partial charge in [0.1, 0.15) is 0 Å². The molecule has 1 N–H and O–H groups in total. The van der Waals surface area contributed by atoms with Crippen molar-refractivity contribution in [3.63, 3.8) is 0 Å². The van der Waals surface area contributed by atoms with Crippen molar-refractivity contribution >= 4 is 16.8 Å². The van der Waals surface area contributed by atoms with Crippen LogP contribution in [0, 0.1) is 6.92 Å². The van der Waals surface area contributed by atoms with Gasteiger partial charge in [0.05, 0.1) is 12.6 Å². The smallest absolute Gasteiger partial charge is 0.252 e. The summed E-state index contributed by atoms with van der Waals surface area (Å²) in [6, 6.07) is 8.12. The second-order valence-corrected chi connectivity index (χ2v) is 7.75. The first-order chi connectivity index (χ1) is 12.6. The predicted octanol–water partition coefficient (Wildman–Crippen LogP) is 1.76. The van der Waals surface area contributed by atoms with Gasteiger partial charge >= 0.3 is 0 Å². The minimum Gasteiger partial charge on any atom is -0.354 e. The van der Waals surface area contributed by atoms with Crippen molar-refractivity contribution in [1.29, 1.82) is 0 Å². The minimum atomic E-state index is -0.462. The van der Waals surface area contributed by atoms with E-state index in [2.05, 4.69) is 16.0 Å². The molecule has 0 aliphatic carbocycles. The molecule has 2 atom stereocenters. The maximum absolute atomic E-state index is 12.6. The van der Waals surface area contributed by atoms with Crippen LogP contribution in [0.1, 0.15) is 30.4 Å². The third-order valence-electron chi connectivity index (χ3n) is 6.17. The van der Waals surface area contributed by atoms with E-state index >= 15 is 0 Å². The lowest BCUT2D eigenvalue weighted by atomic mass is 10.0. The van der Waals surface area contributed by atoms with Crippen LogP contribution in [0.4, 0.5) is 0 Å². The normalized spacial score (nSPS) is 28.6. The van der Waals surface area contributed by atoms with E-state index in [0.29, 0.717) is 19.6 Å². The summed E-state index contributed by atoms with van der Waals surface area (Å²) in [4.78, 5) is 32.2. The summed E-state index contributed by atoms with van der Waals surface area (Å²) in [7, 11) is 0. The van der Waals surface area contributed by atoms with Gasteiger partial charge in [-0.05, 0) is 36.4 Å². The van der Waals surface area contributed by atoms with Gasteiger partial charge in [0, 0.05) is 43.6 Å². The molecule has 0 bridgehead atoms. The van der Waals surface area contributed by atoms with Crippen molar-refractivity contribution in [2.75, 3.05) is 19.7 Å². The lowest BCUT2D eigenvalue weighted by Crippen LogP contribution is -2.56. The van der Waals surface area contributed by atoms with Crippen molar-refractivity contribution in [3.8, 4) is 0 Å². The highest BCUT2D eigenvalue weighted by Gasteiger charge is 2.60. The Kier molecular flexibility index (Phi) is 3.49. The fourth-order valence-electron chi connectivity index (χ4n) is 4.92. The van der Waals surface area contributed by atoms with Gasteiger partial charge in [-0.3, -0.25) is 14.5 Å². The lowest BCUT2D eigenvalue weighted by molar-refractivity contribution is -0.180. The van der Waals surface area contributed by atoms with E-state index in [-0.39, 0.29) is 17.5 Å². The summed E-state index contributed by atoms with van der Waals surface area (Å²) in [5.74, 6) is 0.183. The number of carbonyl (C=O) groups is 1. The van der Waals surface area contributed by atoms with Crippen LogP contribution in [0.2, 0.25) is 0 Å². The van der Waals surface area contributed by atoms with Gasteiger partial charge in [0.15, 0.2) is 5.72 Å². The molecule has 2 aromatic rings.